The second kappa shape index (κ2) is 6.69. The van der Waals surface area contributed by atoms with E-state index in [0.29, 0.717) is 6.42 Å². The SMILES string of the molecule is CCC(CC#N)NC(=O)C#CBr. The lowest BCUT2D eigenvalue weighted by molar-refractivity contribution is -0.116. The first-order chi connectivity index (χ1) is 5.74. The Hall–Kier alpha value is -1.00. The zero-order chi connectivity index (χ0) is 9.40. The molecule has 4 heteroatoms. The molecule has 0 fully saturated rings. The second-order valence-electron chi connectivity index (χ2n) is 2.16. The van der Waals surface area contributed by atoms with Crippen molar-refractivity contribution in [2.75, 3.05) is 0 Å². The van der Waals surface area contributed by atoms with Gasteiger partial charge in [0.15, 0.2) is 0 Å². The molecular formula is C8H9BrN2O. The molecule has 1 N–H and O–H groups in total. The molecule has 0 aromatic carbocycles. The second-order valence-corrected chi connectivity index (χ2v) is 2.56. The van der Waals surface area contributed by atoms with Gasteiger partial charge in [0, 0.05) is 27.9 Å². The number of carbonyl (C=O) groups is 1. The van der Waals surface area contributed by atoms with Crippen molar-refractivity contribution in [2.45, 2.75) is 25.8 Å². The molecule has 0 rings (SSSR count). The molecule has 0 radical (unpaired) electrons. The van der Waals surface area contributed by atoms with Gasteiger partial charge in [0.1, 0.15) is 0 Å². The molecule has 1 amide bonds. The summed E-state index contributed by atoms with van der Waals surface area (Å²) in [4.78, 5) is 13.2. The summed E-state index contributed by atoms with van der Waals surface area (Å²) in [6, 6.07) is 1.90. The molecule has 0 aliphatic rings. The Labute approximate surface area is 80.3 Å². The van der Waals surface area contributed by atoms with E-state index in [-0.39, 0.29) is 11.9 Å². The van der Waals surface area contributed by atoms with Crippen LogP contribution in [0.3, 0.4) is 0 Å². The molecule has 64 valence electrons. The van der Waals surface area contributed by atoms with Crippen LogP contribution in [-0.4, -0.2) is 11.9 Å². The Bertz CT molecular complexity index is 246. The maximum Gasteiger partial charge on any atom is 0.297 e. The summed E-state index contributed by atoms with van der Waals surface area (Å²) in [6.07, 6.45) is 1.06. The lowest BCUT2D eigenvalue weighted by atomic mass is 10.2. The lowest BCUT2D eigenvalue weighted by Crippen LogP contribution is -2.32. The normalized spacial score (nSPS) is 10.4. The molecule has 0 aromatic heterocycles. The van der Waals surface area contributed by atoms with Crippen LogP contribution in [0, 0.1) is 22.1 Å². The van der Waals surface area contributed by atoms with Gasteiger partial charge in [-0.1, -0.05) is 6.92 Å². The van der Waals surface area contributed by atoms with E-state index in [1.807, 2.05) is 13.0 Å². The number of nitrogens with zero attached hydrogens (tertiary/aromatic N) is 1. The van der Waals surface area contributed by atoms with Gasteiger partial charge in [0.25, 0.3) is 5.91 Å². The van der Waals surface area contributed by atoms with Crippen LogP contribution in [0.25, 0.3) is 0 Å². The number of nitriles is 1. The third-order valence-electron chi connectivity index (χ3n) is 1.33. The van der Waals surface area contributed by atoms with Crippen LogP contribution in [0.1, 0.15) is 19.8 Å². The average Bonchev–Trinajstić information content (AvgIpc) is 2.04. The van der Waals surface area contributed by atoms with E-state index in [4.69, 9.17) is 5.26 Å². The van der Waals surface area contributed by atoms with Gasteiger partial charge >= 0.3 is 0 Å². The molecule has 0 aromatic rings. The number of rotatable bonds is 3. The predicted molar refractivity (Wildman–Crippen MR) is 49.2 cm³/mol. The molecule has 1 unspecified atom stereocenters. The fourth-order valence-corrected chi connectivity index (χ4v) is 0.852. The summed E-state index contributed by atoms with van der Waals surface area (Å²) in [5.41, 5.74) is 0. The Morgan fingerprint density at radius 3 is 2.83 bits per heavy atom. The molecule has 3 nitrogen and oxygen atoms in total. The predicted octanol–water partition coefficient (Wildman–Crippen LogP) is 1.15. The topological polar surface area (TPSA) is 52.9 Å². The van der Waals surface area contributed by atoms with Crippen LogP contribution in [0.2, 0.25) is 0 Å². The largest absolute Gasteiger partial charge is 0.341 e. The third kappa shape index (κ3) is 4.76. The van der Waals surface area contributed by atoms with Crippen LogP contribution < -0.4 is 5.32 Å². The fourth-order valence-electron chi connectivity index (χ4n) is 0.672. The van der Waals surface area contributed by atoms with E-state index in [0.717, 1.165) is 6.42 Å². The molecule has 0 saturated heterocycles. The lowest BCUT2D eigenvalue weighted by Gasteiger charge is -2.09. The quantitative estimate of drug-likeness (QED) is 0.738. The number of halogens is 1. The Morgan fingerprint density at radius 1 is 1.75 bits per heavy atom. The minimum Gasteiger partial charge on any atom is -0.341 e. The average molecular weight is 229 g/mol. The van der Waals surface area contributed by atoms with Crippen molar-refractivity contribution in [2.24, 2.45) is 0 Å². The maximum absolute atomic E-state index is 10.9. The first kappa shape index (κ1) is 11.0. The highest BCUT2D eigenvalue weighted by atomic mass is 79.9. The van der Waals surface area contributed by atoms with Crippen molar-refractivity contribution < 1.29 is 4.79 Å². The van der Waals surface area contributed by atoms with Crippen molar-refractivity contribution >= 4 is 21.8 Å². The Balaban J connectivity index is 3.92. The van der Waals surface area contributed by atoms with Crippen LogP contribution in [0.15, 0.2) is 0 Å². The van der Waals surface area contributed by atoms with Gasteiger partial charge in [0.2, 0.25) is 0 Å². The van der Waals surface area contributed by atoms with Crippen LogP contribution in [0.5, 0.6) is 0 Å². The maximum atomic E-state index is 10.9. The van der Waals surface area contributed by atoms with Crippen LogP contribution in [0.4, 0.5) is 0 Å². The van der Waals surface area contributed by atoms with Crippen molar-refractivity contribution in [3.05, 3.63) is 0 Å². The zero-order valence-corrected chi connectivity index (χ0v) is 8.31. The van der Waals surface area contributed by atoms with E-state index >= 15 is 0 Å². The summed E-state index contributed by atoms with van der Waals surface area (Å²) in [5.74, 6) is 1.92. The summed E-state index contributed by atoms with van der Waals surface area (Å²) < 4.78 is 0. The molecule has 0 aliphatic heterocycles. The molecule has 0 aliphatic carbocycles. The first-order valence-electron chi connectivity index (χ1n) is 3.53. The monoisotopic (exact) mass is 228 g/mol. The number of carbonyl (C=O) groups excluding carboxylic acids is 1. The summed E-state index contributed by atoms with van der Waals surface area (Å²) >= 11 is 2.81. The van der Waals surface area contributed by atoms with Gasteiger partial charge in [-0.2, -0.15) is 5.26 Å². The summed E-state index contributed by atoms with van der Waals surface area (Å²) in [6.45, 7) is 1.91. The number of amides is 1. The summed E-state index contributed by atoms with van der Waals surface area (Å²) in [7, 11) is 0. The molecule has 0 saturated carbocycles. The van der Waals surface area contributed by atoms with Gasteiger partial charge in [-0.3, -0.25) is 4.79 Å². The van der Waals surface area contributed by atoms with Crippen molar-refractivity contribution in [1.82, 2.24) is 5.32 Å². The zero-order valence-electron chi connectivity index (χ0n) is 6.72. The van der Waals surface area contributed by atoms with Crippen LogP contribution in [-0.2, 0) is 4.79 Å². The molecule has 12 heavy (non-hydrogen) atoms. The molecular weight excluding hydrogens is 220 g/mol. The van der Waals surface area contributed by atoms with Crippen molar-refractivity contribution in [3.63, 3.8) is 0 Å². The third-order valence-corrected chi connectivity index (χ3v) is 1.52. The summed E-state index contributed by atoms with van der Waals surface area (Å²) in [5, 5.41) is 11.0. The van der Waals surface area contributed by atoms with E-state index in [2.05, 4.69) is 32.0 Å². The molecule has 0 spiro atoms. The van der Waals surface area contributed by atoms with Crippen molar-refractivity contribution in [1.29, 1.82) is 5.26 Å². The first-order valence-corrected chi connectivity index (χ1v) is 4.33. The highest BCUT2D eigenvalue weighted by Crippen LogP contribution is 1.94. The van der Waals surface area contributed by atoms with Gasteiger partial charge in [-0.25, -0.2) is 0 Å². The van der Waals surface area contributed by atoms with E-state index in [1.165, 1.54) is 0 Å². The molecule has 0 bridgehead atoms. The minimum absolute atomic E-state index is 0.0872. The standard InChI is InChI=1S/C8H9BrN2O/c1-2-7(4-6-10)11-8(12)3-5-9/h7H,2,4H2,1H3,(H,11,12). The molecule has 1 atom stereocenters. The smallest absolute Gasteiger partial charge is 0.297 e. The number of hydrogen-bond acceptors (Lipinski definition) is 2. The fraction of sp³-hybridized carbons (Fsp3) is 0.500. The number of hydrogen-bond donors (Lipinski definition) is 1. The van der Waals surface area contributed by atoms with Crippen molar-refractivity contribution in [3.8, 4) is 16.8 Å². The van der Waals surface area contributed by atoms with E-state index < -0.39 is 0 Å². The Kier molecular flexibility index (Phi) is 6.14. The highest BCUT2D eigenvalue weighted by Gasteiger charge is 2.06. The number of nitrogens with one attached hydrogen (secondary N) is 1. The molecule has 0 heterocycles. The van der Waals surface area contributed by atoms with Gasteiger partial charge < -0.3 is 5.32 Å². The van der Waals surface area contributed by atoms with Crippen LogP contribution >= 0.6 is 15.9 Å². The van der Waals surface area contributed by atoms with Gasteiger partial charge in [-0.05, 0) is 11.3 Å². The Morgan fingerprint density at radius 2 is 2.42 bits per heavy atom. The van der Waals surface area contributed by atoms with E-state index in [9.17, 15) is 4.79 Å². The van der Waals surface area contributed by atoms with E-state index in [1.54, 1.807) is 0 Å². The minimum atomic E-state index is -0.353. The van der Waals surface area contributed by atoms with Gasteiger partial charge in [0.05, 0.1) is 12.5 Å². The highest BCUT2D eigenvalue weighted by molar-refractivity contribution is 9.12. The van der Waals surface area contributed by atoms with Gasteiger partial charge in [-0.15, -0.1) is 0 Å².